The van der Waals surface area contributed by atoms with Gasteiger partial charge in [-0.1, -0.05) is 18.5 Å². The summed E-state index contributed by atoms with van der Waals surface area (Å²) in [5, 5.41) is 20.7. The van der Waals surface area contributed by atoms with Crippen molar-refractivity contribution in [3.05, 3.63) is 17.0 Å². The van der Waals surface area contributed by atoms with Crippen molar-refractivity contribution in [2.75, 3.05) is 0 Å². The van der Waals surface area contributed by atoms with E-state index in [4.69, 9.17) is 11.6 Å². The normalized spacial score (nSPS) is 22.9. The minimum Gasteiger partial charge on any atom is -0.199 e. The van der Waals surface area contributed by atoms with Crippen molar-refractivity contribution in [3.8, 4) is 0 Å². The van der Waals surface area contributed by atoms with E-state index in [1.165, 1.54) is 6.33 Å². The molecular weight excluding hydrogens is 228 g/mol. The Morgan fingerprint density at radius 1 is 1.50 bits per heavy atom. The predicted molar refractivity (Wildman–Crippen MR) is 58.0 cm³/mol. The van der Waals surface area contributed by atoms with E-state index >= 15 is 0 Å². The second kappa shape index (κ2) is 2.98. The summed E-state index contributed by atoms with van der Waals surface area (Å²) in [6, 6.07) is 0. The van der Waals surface area contributed by atoms with Gasteiger partial charge in [0.1, 0.15) is 17.6 Å². The van der Waals surface area contributed by atoms with Crippen LogP contribution in [0, 0.1) is 0 Å². The molecule has 0 saturated heterocycles. The molecule has 3 heterocycles. The van der Waals surface area contributed by atoms with Crippen LogP contribution < -0.4 is 0 Å². The largest absolute Gasteiger partial charge is 0.199 e. The van der Waals surface area contributed by atoms with Crippen LogP contribution >= 0.6 is 11.6 Å². The minimum absolute atomic E-state index is 0.336. The Kier molecular flexibility index (Phi) is 1.79. The molecule has 0 bridgehead atoms. The van der Waals surface area contributed by atoms with Crippen LogP contribution in [0.3, 0.4) is 0 Å². The molecule has 7 heteroatoms. The van der Waals surface area contributed by atoms with Crippen molar-refractivity contribution in [2.45, 2.75) is 25.8 Å². The first-order valence-electron chi connectivity index (χ1n) is 4.98. The number of nitrogens with zero attached hydrogens (tertiary/aromatic N) is 6. The zero-order chi connectivity index (χ0) is 11.3. The molecule has 0 saturated carbocycles. The maximum atomic E-state index is 6.05. The number of hydrogen-bond acceptors (Lipinski definition) is 5. The second-order valence-corrected chi connectivity index (χ2v) is 4.30. The van der Waals surface area contributed by atoms with E-state index in [1.807, 2.05) is 6.92 Å². The Bertz CT molecular complexity index is 603. The average molecular weight is 237 g/mol. The first-order valence-corrected chi connectivity index (χ1v) is 5.36. The molecule has 2 aromatic rings. The standard InChI is InChI=1S/C9H9ClN6/c1-3-9(2)5-6(12-15-9)7(10)14-16-4-11-13-8(5)16/h4H,3H2,1-2H3. The summed E-state index contributed by atoms with van der Waals surface area (Å²) in [5.41, 5.74) is 1.82. The summed E-state index contributed by atoms with van der Waals surface area (Å²) in [4.78, 5) is 0. The quantitative estimate of drug-likeness (QED) is 0.764. The molecule has 0 spiro atoms. The van der Waals surface area contributed by atoms with Gasteiger partial charge in [0.2, 0.25) is 0 Å². The van der Waals surface area contributed by atoms with Crippen molar-refractivity contribution in [1.82, 2.24) is 19.8 Å². The van der Waals surface area contributed by atoms with Crippen LogP contribution in [0.2, 0.25) is 5.15 Å². The Balaban J connectivity index is 2.44. The molecule has 82 valence electrons. The van der Waals surface area contributed by atoms with Crippen molar-refractivity contribution in [1.29, 1.82) is 0 Å². The number of fused-ring (bicyclic) bond motifs is 3. The Labute approximate surface area is 96.3 Å². The van der Waals surface area contributed by atoms with Gasteiger partial charge in [-0.05, 0) is 13.3 Å². The van der Waals surface area contributed by atoms with Gasteiger partial charge >= 0.3 is 0 Å². The van der Waals surface area contributed by atoms with E-state index in [0.29, 0.717) is 16.5 Å². The first kappa shape index (κ1) is 9.65. The van der Waals surface area contributed by atoms with Crippen molar-refractivity contribution in [3.63, 3.8) is 0 Å². The molecule has 3 rings (SSSR count). The molecule has 0 aromatic carbocycles. The highest BCUT2D eigenvalue weighted by Gasteiger charge is 2.37. The lowest BCUT2D eigenvalue weighted by atomic mass is 9.91. The number of hydrogen-bond donors (Lipinski definition) is 0. The summed E-state index contributed by atoms with van der Waals surface area (Å²) in [6.45, 7) is 4.06. The molecule has 2 aromatic heterocycles. The second-order valence-electron chi connectivity index (χ2n) is 3.94. The molecule has 6 nitrogen and oxygen atoms in total. The molecule has 0 amide bonds. The molecular formula is C9H9ClN6. The number of halogens is 1. The van der Waals surface area contributed by atoms with Gasteiger partial charge in [0, 0.05) is 0 Å². The Hall–Kier alpha value is -1.56. The number of azo groups is 1. The van der Waals surface area contributed by atoms with E-state index in [2.05, 4.69) is 32.4 Å². The van der Waals surface area contributed by atoms with Gasteiger partial charge in [0.25, 0.3) is 0 Å². The van der Waals surface area contributed by atoms with Gasteiger partial charge in [-0.2, -0.15) is 19.8 Å². The lowest BCUT2D eigenvalue weighted by molar-refractivity contribution is 0.479. The third-order valence-corrected chi connectivity index (χ3v) is 3.23. The summed E-state index contributed by atoms with van der Waals surface area (Å²) in [6.07, 6.45) is 2.35. The lowest BCUT2D eigenvalue weighted by Gasteiger charge is -2.18. The highest BCUT2D eigenvalue weighted by atomic mass is 35.5. The first-order chi connectivity index (χ1) is 7.65. The zero-order valence-electron chi connectivity index (χ0n) is 8.85. The molecule has 0 fully saturated rings. The maximum absolute atomic E-state index is 6.05. The summed E-state index contributed by atoms with van der Waals surface area (Å²) in [7, 11) is 0. The molecule has 0 aliphatic carbocycles. The van der Waals surface area contributed by atoms with Crippen LogP contribution in [0.25, 0.3) is 5.65 Å². The highest BCUT2D eigenvalue weighted by Crippen LogP contribution is 2.46. The van der Waals surface area contributed by atoms with E-state index in [-0.39, 0.29) is 5.54 Å². The topological polar surface area (TPSA) is 67.8 Å². The maximum Gasteiger partial charge on any atom is 0.185 e. The monoisotopic (exact) mass is 236 g/mol. The van der Waals surface area contributed by atoms with E-state index in [1.54, 1.807) is 4.52 Å². The van der Waals surface area contributed by atoms with Crippen LogP contribution in [0.5, 0.6) is 0 Å². The fourth-order valence-corrected chi connectivity index (χ4v) is 2.08. The van der Waals surface area contributed by atoms with Gasteiger partial charge in [-0.15, -0.1) is 10.2 Å². The fourth-order valence-electron chi connectivity index (χ4n) is 1.86. The van der Waals surface area contributed by atoms with Gasteiger partial charge in [-0.25, -0.2) is 0 Å². The smallest absolute Gasteiger partial charge is 0.185 e. The third-order valence-electron chi connectivity index (χ3n) is 2.98. The van der Waals surface area contributed by atoms with Crippen LogP contribution in [0.15, 0.2) is 16.6 Å². The third kappa shape index (κ3) is 1.05. The van der Waals surface area contributed by atoms with Gasteiger partial charge in [-0.3, -0.25) is 0 Å². The fraction of sp³-hybridized carbons (Fsp3) is 0.444. The van der Waals surface area contributed by atoms with Crippen molar-refractivity contribution >= 4 is 22.9 Å². The number of rotatable bonds is 1. The van der Waals surface area contributed by atoms with Gasteiger partial charge < -0.3 is 0 Å². The van der Waals surface area contributed by atoms with Crippen molar-refractivity contribution < 1.29 is 0 Å². The van der Waals surface area contributed by atoms with E-state index < -0.39 is 0 Å². The van der Waals surface area contributed by atoms with Gasteiger partial charge in [0.05, 0.1) is 5.56 Å². The summed E-state index contributed by atoms with van der Waals surface area (Å²) in [5.74, 6) is 0. The Morgan fingerprint density at radius 2 is 2.31 bits per heavy atom. The molecule has 1 unspecified atom stereocenters. The molecule has 0 radical (unpaired) electrons. The summed E-state index contributed by atoms with van der Waals surface area (Å²) < 4.78 is 1.56. The van der Waals surface area contributed by atoms with Crippen LogP contribution in [0.1, 0.15) is 25.8 Å². The zero-order valence-corrected chi connectivity index (χ0v) is 9.60. The highest BCUT2D eigenvalue weighted by molar-refractivity contribution is 6.32. The summed E-state index contributed by atoms with van der Waals surface area (Å²) >= 11 is 6.05. The van der Waals surface area contributed by atoms with E-state index in [0.717, 1.165) is 12.0 Å². The van der Waals surface area contributed by atoms with Crippen LogP contribution in [-0.2, 0) is 5.54 Å². The SMILES string of the molecule is CCC1(C)N=Nc2c(Cl)nn3cnnc3c21. The average Bonchev–Trinajstić information content (AvgIpc) is 2.84. The Morgan fingerprint density at radius 3 is 3.06 bits per heavy atom. The molecule has 1 aliphatic rings. The lowest BCUT2D eigenvalue weighted by Crippen LogP contribution is -2.16. The molecule has 1 atom stereocenters. The molecule has 16 heavy (non-hydrogen) atoms. The number of aromatic nitrogens is 4. The van der Waals surface area contributed by atoms with E-state index in [9.17, 15) is 0 Å². The van der Waals surface area contributed by atoms with Gasteiger partial charge in [0.15, 0.2) is 10.8 Å². The molecule has 1 aliphatic heterocycles. The minimum atomic E-state index is -0.379. The molecule has 0 N–H and O–H groups in total. The van der Waals surface area contributed by atoms with Crippen LogP contribution in [-0.4, -0.2) is 19.8 Å². The van der Waals surface area contributed by atoms with Crippen LogP contribution in [0.4, 0.5) is 5.69 Å². The van der Waals surface area contributed by atoms with Crippen molar-refractivity contribution in [2.24, 2.45) is 10.2 Å². The predicted octanol–water partition coefficient (Wildman–Crippen LogP) is 2.50.